The predicted molar refractivity (Wildman–Crippen MR) is 100 cm³/mol. The number of carbonyl (C=O) groups is 2. The first-order valence-corrected chi connectivity index (χ1v) is 9.71. The molecule has 0 bridgehead atoms. The summed E-state index contributed by atoms with van der Waals surface area (Å²) in [5.74, 6) is -0.253. The van der Waals surface area contributed by atoms with Gasteiger partial charge in [0.15, 0.2) is 0 Å². The van der Waals surface area contributed by atoms with Gasteiger partial charge in [-0.15, -0.1) is 0 Å². The molecule has 2 N–H and O–H groups in total. The maximum absolute atomic E-state index is 12.1. The molecule has 0 atom stereocenters. The highest BCUT2D eigenvalue weighted by Gasteiger charge is 2.36. The van der Waals surface area contributed by atoms with Crippen LogP contribution in [0, 0.1) is 0 Å². The number of nitrogens with one attached hydrogen (secondary N) is 2. The van der Waals surface area contributed by atoms with Crippen LogP contribution < -0.4 is 10.6 Å². The van der Waals surface area contributed by atoms with Gasteiger partial charge in [0.1, 0.15) is 0 Å². The van der Waals surface area contributed by atoms with Crippen LogP contribution in [-0.4, -0.2) is 49.1 Å². The number of carbonyl (C=O) groups excluding carboxylic acids is 2. The van der Waals surface area contributed by atoms with Crippen LogP contribution in [0.2, 0.25) is 0 Å². The number of hydrogen-bond acceptors (Lipinski definition) is 4. The number of amides is 2. The van der Waals surface area contributed by atoms with E-state index in [1.165, 1.54) is 18.4 Å². The Hall–Kier alpha value is -1.53. The zero-order chi connectivity index (χ0) is 17.6. The summed E-state index contributed by atoms with van der Waals surface area (Å²) in [5, 5.41) is 5.46. The highest BCUT2D eigenvalue weighted by Crippen LogP contribution is 2.33. The Morgan fingerprint density at radius 2 is 1.75 bits per heavy atom. The standard InChI is InChI=1S/C18H27N3O2S/c1-21(2)18(10-4-5-11-18)13-19-16(22)17(23)20-15-8-6-14(7-9-15)12-24-3/h6-9H,4-5,10-13H2,1-3H3,(H,19,22)(H,20,23). The van der Waals surface area contributed by atoms with E-state index < -0.39 is 11.8 Å². The average molecular weight is 350 g/mol. The number of anilines is 1. The Kier molecular flexibility index (Phi) is 6.69. The van der Waals surface area contributed by atoms with Crippen molar-refractivity contribution in [2.45, 2.75) is 37.0 Å². The lowest BCUT2D eigenvalue weighted by molar-refractivity contribution is -0.136. The van der Waals surface area contributed by atoms with Crippen LogP contribution >= 0.6 is 11.8 Å². The molecule has 1 saturated carbocycles. The summed E-state index contributed by atoms with van der Waals surface area (Å²) >= 11 is 1.74. The van der Waals surface area contributed by atoms with Crippen LogP contribution in [0.4, 0.5) is 5.69 Å². The zero-order valence-corrected chi connectivity index (χ0v) is 15.5. The number of likely N-dealkylation sites (N-methyl/N-ethyl adjacent to an activating group) is 1. The molecule has 1 aromatic rings. The van der Waals surface area contributed by atoms with Crippen molar-refractivity contribution in [2.24, 2.45) is 0 Å². The van der Waals surface area contributed by atoms with Crippen LogP contribution in [0.15, 0.2) is 24.3 Å². The van der Waals surface area contributed by atoms with E-state index in [-0.39, 0.29) is 5.54 Å². The molecule has 2 amide bonds. The molecule has 0 spiro atoms. The fourth-order valence-corrected chi connectivity index (χ4v) is 3.70. The second kappa shape index (κ2) is 8.53. The molecule has 6 heteroatoms. The molecule has 1 aliphatic rings. The van der Waals surface area contributed by atoms with Crippen molar-refractivity contribution in [3.63, 3.8) is 0 Å². The van der Waals surface area contributed by atoms with Gasteiger partial charge in [0.2, 0.25) is 0 Å². The minimum atomic E-state index is -0.612. The summed E-state index contributed by atoms with van der Waals surface area (Å²) in [7, 11) is 4.07. The maximum Gasteiger partial charge on any atom is 0.313 e. The van der Waals surface area contributed by atoms with Crippen molar-refractivity contribution in [2.75, 3.05) is 32.2 Å². The summed E-state index contributed by atoms with van der Waals surface area (Å²) in [4.78, 5) is 26.3. The molecule has 132 valence electrons. The Bertz CT molecular complexity index is 566. The number of benzene rings is 1. The summed E-state index contributed by atoms with van der Waals surface area (Å²) < 4.78 is 0. The van der Waals surface area contributed by atoms with Crippen molar-refractivity contribution in [1.82, 2.24) is 10.2 Å². The lowest BCUT2D eigenvalue weighted by Crippen LogP contribution is -2.52. The van der Waals surface area contributed by atoms with Gasteiger partial charge in [-0.25, -0.2) is 0 Å². The number of rotatable bonds is 6. The molecule has 0 aromatic heterocycles. The fraction of sp³-hybridized carbons (Fsp3) is 0.556. The Morgan fingerprint density at radius 1 is 1.12 bits per heavy atom. The second-order valence-corrected chi connectivity index (χ2v) is 7.46. The zero-order valence-electron chi connectivity index (χ0n) is 14.7. The van der Waals surface area contributed by atoms with Gasteiger partial charge in [0.05, 0.1) is 0 Å². The van der Waals surface area contributed by atoms with E-state index in [2.05, 4.69) is 15.5 Å². The average Bonchev–Trinajstić information content (AvgIpc) is 3.05. The molecule has 0 radical (unpaired) electrons. The molecule has 0 saturated heterocycles. The Balaban J connectivity index is 1.86. The summed E-state index contributed by atoms with van der Waals surface area (Å²) in [6.07, 6.45) is 6.49. The normalized spacial score (nSPS) is 16.2. The van der Waals surface area contributed by atoms with Gasteiger partial charge in [-0.1, -0.05) is 25.0 Å². The number of nitrogens with zero attached hydrogens (tertiary/aromatic N) is 1. The smallest absolute Gasteiger partial charge is 0.313 e. The summed E-state index contributed by atoms with van der Waals surface area (Å²) in [6, 6.07) is 7.58. The third-order valence-corrected chi connectivity index (χ3v) is 5.41. The Morgan fingerprint density at radius 3 is 2.29 bits per heavy atom. The lowest BCUT2D eigenvalue weighted by Gasteiger charge is -2.36. The summed E-state index contributed by atoms with van der Waals surface area (Å²) in [5.41, 5.74) is 1.82. The molecule has 5 nitrogen and oxygen atoms in total. The van der Waals surface area contributed by atoms with Gasteiger partial charge in [-0.2, -0.15) is 11.8 Å². The van der Waals surface area contributed by atoms with Crippen molar-refractivity contribution >= 4 is 29.3 Å². The molecule has 0 heterocycles. The highest BCUT2D eigenvalue weighted by atomic mass is 32.2. The first-order valence-electron chi connectivity index (χ1n) is 8.31. The monoisotopic (exact) mass is 349 g/mol. The highest BCUT2D eigenvalue weighted by molar-refractivity contribution is 7.97. The Labute approximate surface area is 148 Å². The second-order valence-electron chi connectivity index (χ2n) is 6.59. The van der Waals surface area contributed by atoms with Crippen molar-refractivity contribution < 1.29 is 9.59 Å². The van der Waals surface area contributed by atoms with Crippen molar-refractivity contribution in [1.29, 1.82) is 0 Å². The van der Waals surface area contributed by atoms with E-state index >= 15 is 0 Å². The fourth-order valence-electron chi connectivity index (χ4n) is 3.18. The van der Waals surface area contributed by atoms with Crippen molar-refractivity contribution in [3.05, 3.63) is 29.8 Å². The SMILES string of the molecule is CSCc1ccc(NC(=O)C(=O)NCC2(N(C)C)CCCC2)cc1. The molecule has 1 fully saturated rings. The number of hydrogen-bond donors (Lipinski definition) is 2. The van der Waals surface area contributed by atoms with E-state index in [1.807, 2.05) is 44.6 Å². The van der Waals surface area contributed by atoms with Gasteiger partial charge in [0.25, 0.3) is 0 Å². The molecule has 1 aliphatic carbocycles. The van der Waals surface area contributed by atoms with Gasteiger partial charge in [-0.3, -0.25) is 9.59 Å². The minimum absolute atomic E-state index is 0.0184. The minimum Gasteiger partial charge on any atom is -0.346 e. The van der Waals surface area contributed by atoms with Gasteiger partial charge >= 0.3 is 11.8 Å². The van der Waals surface area contributed by atoms with Gasteiger partial charge in [0, 0.05) is 23.5 Å². The molecule has 2 rings (SSSR count). The van der Waals surface area contributed by atoms with Crippen LogP contribution in [0.3, 0.4) is 0 Å². The molecule has 24 heavy (non-hydrogen) atoms. The first kappa shape index (κ1) is 18.8. The molecule has 0 aliphatic heterocycles. The van der Waals surface area contributed by atoms with Crippen LogP contribution in [0.5, 0.6) is 0 Å². The maximum atomic E-state index is 12.1. The number of thioether (sulfide) groups is 1. The predicted octanol–water partition coefficient (Wildman–Crippen LogP) is 2.48. The van der Waals surface area contributed by atoms with Gasteiger partial charge < -0.3 is 15.5 Å². The van der Waals surface area contributed by atoms with Crippen LogP contribution in [0.25, 0.3) is 0 Å². The quantitative estimate of drug-likeness (QED) is 0.775. The molecule has 0 unspecified atom stereocenters. The third-order valence-electron chi connectivity index (χ3n) is 4.79. The summed E-state index contributed by atoms with van der Waals surface area (Å²) in [6.45, 7) is 0.513. The van der Waals surface area contributed by atoms with Crippen molar-refractivity contribution in [3.8, 4) is 0 Å². The third kappa shape index (κ3) is 4.74. The van der Waals surface area contributed by atoms with E-state index in [9.17, 15) is 9.59 Å². The van der Waals surface area contributed by atoms with E-state index in [0.29, 0.717) is 12.2 Å². The first-order chi connectivity index (χ1) is 11.5. The van der Waals surface area contributed by atoms with E-state index in [1.54, 1.807) is 11.8 Å². The topological polar surface area (TPSA) is 61.4 Å². The van der Waals surface area contributed by atoms with Crippen LogP contribution in [0.1, 0.15) is 31.2 Å². The molecule has 1 aromatic carbocycles. The van der Waals surface area contributed by atoms with Crippen LogP contribution in [-0.2, 0) is 15.3 Å². The van der Waals surface area contributed by atoms with E-state index in [0.717, 1.165) is 18.6 Å². The largest absolute Gasteiger partial charge is 0.346 e. The lowest BCUT2D eigenvalue weighted by atomic mass is 9.96. The molecular weight excluding hydrogens is 322 g/mol. The molecular formula is C18H27N3O2S. The van der Waals surface area contributed by atoms with Gasteiger partial charge in [-0.05, 0) is 50.9 Å². The van der Waals surface area contributed by atoms with E-state index in [4.69, 9.17) is 0 Å².